The second-order valence-electron chi connectivity index (χ2n) is 7.21. The van der Waals surface area contributed by atoms with Gasteiger partial charge in [0.2, 0.25) is 0 Å². The predicted molar refractivity (Wildman–Crippen MR) is 94.8 cm³/mol. The highest BCUT2D eigenvalue weighted by Gasteiger charge is 2.39. The fourth-order valence-corrected chi connectivity index (χ4v) is 3.93. The number of nitrogens with zero attached hydrogens (tertiary/aromatic N) is 2. The molecule has 1 aliphatic rings. The lowest BCUT2D eigenvalue weighted by Gasteiger charge is -2.39. The summed E-state index contributed by atoms with van der Waals surface area (Å²) >= 11 is 3.48. The molecule has 0 saturated carbocycles. The number of nitrogens with one attached hydrogen (secondary N) is 1. The Morgan fingerprint density at radius 2 is 1.86 bits per heavy atom. The Morgan fingerprint density at radius 1 is 1.18 bits per heavy atom. The summed E-state index contributed by atoms with van der Waals surface area (Å²) in [7, 11) is 0. The van der Waals surface area contributed by atoms with Crippen LogP contribution in [0.3, 0.4) is 0 Å². The number of hydrogen-bond acceptors (Lipinski definition) is 2. The summed E-state index contributed by atoms with van der Waals surface area (Å²) in [4.78, 5) is 10.8. The van der Waals surface area contributed by atoms with E-state index in [2.05, 4.69) is 82.8 Å². The van der Waals surface area contributed by atoms with Crippen LogP contribution in [0.5, 0.6) is 0 Å². The Balaban J connectivity index is 1.88. The van der Waals surface area contributed by atoms with Gasteiger partial charge in [-0.2, -0.15) is 0 Å². The van der Waals surface area contributed by atoms with E-state index in [1.807, 2.05) is 6.20 Å². The molecule has 3 nitrogen and oxygen atoms in total. The Hall–Kier alpha value is -1.13. The average molecular weight is 362 g/mol. The highest BCUT2D eigenvalue weighted by molar-refractivity contribution is 9.10. The standard InChI is InChI=1S/C18H24BrN3/c1-12-5-10-16(22(12)18(2,3)4)17-20-11-15(21-17)13-6-8-14(19)9-7-13/h6-9,11-12,16H,5,10H2,1-4H3,(H,20,21)/t12-,16-/m0/s1. The van der Waals surface area contributed by atoms with Gasteiger partial charge in [0.1, 0.15) is 5.82 Å². The van der Waals surface area contributed by atoms with Crippen molar-refractivity contribution in [3.8, 4) is 11.3 Å². The van der Waals surface area contributed by atoms with E-state index in [0.717, 1.165) is 16.0 Å². The van der Waals surface area contributed by atoms with Crippen LogP contribution in [-0.2, 0) is 0 Å². The molecule has 1 N–H and O–H groups in total. The van der Waals surface area contributed by atoms with Crippen molar-refractivity contribution in [1.82, 2.24) is 14.9 Å². The first-order valence-electron chi connectivity index (χ1n) is 7.95. The maximum absolute atomic E-state index is 4.69. The van der Waals surface area contributed by atoms with Crippen LogP contribution in [0.15, 0.2) is 34.9 Å². The van der Waals surface area contributed by atoms with Gasteiger partial charge < -0.3 is 4.98 Å². The van der Waals surface area contributed by atoms with Crippen molar-refractivity contribution >= 4 is 15.9 Å². The van der Waals surface area contributed by atoms with Crippen LogP contribution in [-0.4, -0.2) is 26.4 Å². The zero-order valence-corrected chi connectivity index (χ0v) is 15.3. The summed E-state index contributed by atoms with van der Waals surface area (Å²) in [6.45, 7) is 9.20. The molecule has 0 spiro atoms. The fourth-order valence-electron chi connectivity index (χ4n) is 3.66. The molecule has 22 heavy (non-hydrogen) atoms. The number of rotatable bonds is 2. The van der Waals surface area contributed by atoms with E-state index in [9.17, 15) is 0 Å². The minimum Gasteiger partial charge on any atom is -0.341 e. The number of imidazole rings is 1. The van der Waals surface area contributed by atoms with Crippen molar-refractivity contribution < 1.29 is 0 Å². The zero-order chi connectivity index (χ0) is 15.9. The number of halogens is 1. The Morgan fingerprint density at radius 3 is 2.50 bits per heavy atom. The second-order valence-corrected chi connectivity index (χ2v) is 8.12. The molecule has 1 saturated heterocycles. The third-order valence-corrected chi connectivity index (χ3v) is 5.04. The maximum Gasteiger partial charge on any atom is 0.123 e. The molecule has 0 aliphatic carbocycles. The average Bonchev–Trinajstić information content (AvgIpc) is 3.05. The lowest BCUT2D eigenvalue weighted by atomic mass is 10.0. The number of benzene rings is 1. The van der Waals surface area contributed by atoms with Gasteiger partial charge in [-0.25, -0.2) is 4.98 Å². The van der Waals surface area contributed by atoms with Crippen LogP contribution in [0.25, 0.3) is 11.3 Å². The molecule has 4 heteroatoms. The molecule has 1 aliphatic heterocycles. The highest BCUT2D eigenvalue weighted by Crippen LogP contribution is 2.40. The molecule has 0 unspecified atom stereocenters. The first-order chi connectivity index (χ1) is 10.4. The predicted octanol–water partition coefficient (Wildman–Crippen LogP) is 5.16. The molecule has 118 valence electrons. The van der Waals surface area contributed by atoms with Gasteiger partial charge in [0.15, 0.2) is 0 Å². The summed E-state index contributed by atoms with van der Waals surface area (Å²) in [5, 5.41) is 0. The van der Waals surface area contributed by atoms with Gasteiger partial charge in [-0.3, -0.25) is 4.90 Å². The molecular formula is C18H24BrN3. The van der Waals surface area contributed by atoms with Crippen molar-refractivity contribution in [2.24, 2.45) is 0 Å². The minimum atomic E-state index is 0.158. The molecule has 0 amide bonds. The van der Waals surface area contributed by atoms with E-state index in [-0.39, 0.29) is 5.54 Å². The van der Waals surface area contributed by atoms with Gasteiger partial charge in [0, 0.05) is 16.1 Å². The summed E-state index contributed by atoms with van der Waals surface area (Å²) in [6.07, 6.45) is 4.37. The van der Waals surface area contributed by atoms with E-state index in [1.165, 1.54) is 18.4 Å². The number of aromatic amines is 1. The monoisotopic (exact) mass is 361 g/mol. The van der Waals surface area contributed by atoms with Crippen LogP contribution in [0.4, 0.5) is 0 Å². The fraction of sp³-hybridized carbons (Fsp3) is 0.500. The molecule has 1 fully saturated rings. The summed E-state index contributed by atoms with van der Waals surface area (Å²) in [5.74, 6) is 1.09. The first kappa shape index (κ1) is 15.8. The quantitative estimate of drug-likeness (QED) is 0.800. The molecule has 2 heterocycles. The number of aromatic nitrogens is 2. The SMILES string of the molecule is C[C@H]1CC[C@@H](c2ncc(-c3ccc(Br)cc3)[nH]2)N1C(C)(C)C. The van der Waals surface area contributed by atoms with Gasteiger partial charge in [0.05, 0.1) is 17.9 Å². The Kier molecular flexibility index (Phi) is 4.17. The summed E-state index contributed by atoms with van der Waals surface area (Å²) in [5.41, 5.74) is 2.43. The van der Waals surface area contributed by atoms with Crippen LogP contribution >= 0.6 is 15.9 Å². The lowest BCUT2D eigenvalue weighted by Crippen LogP contribution is -2.44. The maximum atomic E-state index is 4.69. The third kappa shape index (κ3) is 2.99. The minimum absolute atomic E-state index is 0.158. The van der Waals surface area contributed by atoms with Crippen molar-refractivity contribution in [2.75, 3.05) is 0 Å². The van der Waals surface area contributed by atoms with Gasteiger partial charge in [-0.05, 0) is 58.2 Å². The summed E-state index contributed by atoms with van der Waals surface area (Å²) < 4.78 is 1.10. The van der Waals surface area contributed by atoms with E-state index in [1.54, 1.807) is 0 Å². The molecule has 1 aromatic heterocycles. The van der Waals surface area contributed by atoms with Crippen LogP contribution in [0.1, 0.15) is 52.4 Å². The largest absolute Gasteiger partial charge is 0.341 e. The van der Waals surface area contributed by atoms with Crippen molar-refractivity contribution in [1.29, 1.82) is 0 Å². The normalized spacial score (nSPS) is 23.1. The molecule has 0 bridgehead atoms. The number of hydrogen-bond donors (Lipinski definition) is 1. The smallest absolute Gasteiger partial charge is 0.123 e. The molecule has 3 rings (SSSR count). The molecule has 2 atom stereocenters. The van der Waals surface area contributed by atoms with E-state index in [0.29, 0.717) is 12.1 Å². The van der Waals surface area contributed by atoms with Crippen LogP contribution in [0.2, 0.25) is 0 Å². The lowest BCUT2D eigenvalue weighted by molar-refractivity contribution is 0.0796. The Labute approximate surface area is 141 Å². The molecule has 0 radical (unpaired) electrons. The molecule has 2 aromatic rings. The third-order valence-electron chi connectivity index (χ3n) is 4.51. The van der Waals surface area contributed by atoms with E-state index >= 15 is 0 Å². The molecule has 1 aromatic carbocycles. The van der Waals surface area contributed by atoms with Gasteiger partial charge in [0.25, 0.3) is 0 Å². The van der Waals surface area contributed by atoms with Crippen molar-refractivity contribution in [2.45, 2.75) is 58.2 Å². The number of likely N-dealkylation sites (tertiary alicyclic amines) is 1. The molecular weight excluding hydrogens is 338 g/mol. The first-order valence-corrected chi connectivity index (χ1v) is 8.75. The Bertz CT molecular complexity index is 639. The second kappa shape index (κ2) is 5.82. The zero-order valence-electron chi connectivity index (χ0n) is 13.7. The van der Waals surface area contributed by atoms with Gasteiger partial charge in [-0.15, -0.1) is 0 Å². The van der Waals surface area contributed by atoms with Crippen molar-refractivity contribution in [3.05, 3.63) is 40.8 Å². The highest BCUT2D eigenvalue weighted by atomic mass is 79.9. The number of H-pyrrole nitrogens is 1. The van der Waals surface area contributed by atoms with E-state index < -0.39 is 0 Å². The van der Waals surface area contributed by atoms with E-state index in [4.69, 9.17) is 0 Å². The van der Waals surface area contributed by atoms with Gasteiger partial charge in [-0.1, -0.05) is 28.1 Å². The van der Waals surface area contributed by atoms with Crippen LogP contribution in [0, 0.1) is 0 Å². The summed E-state index contributed by atoms with van der Waals surface area (Å²) in [6, 6.07) is 9.34. The van der Waals surface area contributed by atoms with Crippen molar-refractivity contribution in [3.63, 3.8) is 0 Å². The van der Waals surface area contributed by atoms with Gasteiger partial charge >= 0.3 is 0 Å². The topological polar surface area (TPSA) is 31.9 Å². The van der Waals surface area contributed by atoms with Crippen LogP contribution < -0.4 is 0 Å².